The van der Waals surface area contributed by atoms with Gasteiger partial charge in [-0.2, -0.15) is 0 Å². The van der Waals surface area contributed by atoms with Crippen LogP contribution in [-0.4, -0.2) is 20.9 Å². The Morgan fingerprint density at radius 2 is 1.48 bits per heavy atom. The number of nitrogens with zero attached hydrogens (tertiary/aromatic N) is 1. The second kappa shape index (κ2) is 7.73. The molecule has 0 spiro atoms. The van der Waals surface area contributed by atoms with Gasteiger partial charge in [-0.25, -0.2) is 9.48 Å². The maximum absolute atomic E-state index is 13.1. The van der Waals surface area contributed by atoms with E-state index in [1.807, 2.05) is 6.08 Å². The lowest BCUT2D eigenvalue weighted by Crippen LogP contribution is -2.34. The summed E-state index contributed by atoms with van der Waals surface area (Å²) in [6.45, 7) is 17.1. The van der Waals surface area contributed by atoms with Crippen LogP contribution in [0.25, 0.3) is 18.3 Å². The lowest BCUT2D eigenvalue weighted by atomic mass is 9.79. The second-order valence-electron chi connectivity index (χ2n) is 9.98. The molecule has 3 rings (SSSR count). The Morgan fingerprint density at radius 3 is 1.94 bits per heavy atom. The van der Waals surface area contributed by atoms with Gasteiger partial charge in [0.2, 0.25) is 0 Å². The summed E-state index contributed by atoms with van der Waals surface area (Å²) in [7, 11) is 0. The van der Waals surface area contributed by atoms with Crippen molar-refractivity contribution in [2.45, 2.75) is 52.4 Å². The average Bonchev–Trinajstić information content (AvgIpc) is 2.94. The molecule has 5 heteroatoms. The van der Waals surface area contributed by atoms with Gasteiger partial charge in [-0.3, -0.25) is 9.89 Å². The molecule has 0 bridgehead atoms. The summed E-state index contributed by atoms with van der Waals surface area (Å²) in [5.41, 5.74) is 3.80. The van der Waals surface area contributed by atoms with Crippen molar-refractivity contribution >= 4 is 18.6 Å². The zero-order valence-electron chi connectivity index (χ0n) is 19.0. The number of carboxylic acids is 1. The summed E-state index contributed by atoms with van der Waals surface area (Å²) in [4.78, 5) is 24.2. The number of nitrogens with one attached hydrogen (secondary N) is 1. The highest BCUT2D eigenvalue weighted by molar-refractivity contribution is 5.87. The SMILES string of the molecule is C=c1[nH]n(-c2ccc(C(=O)O)cc2)c(=O)c1=Cc1cc(C(C)(C)C)cc(C(C)(C)C)c1. The van der Waals surface area contributed by atoms with Crippen molar-refractivity contribution in [2.75, 3.05) is 0 Å². The van der Waals surface area contributed by atoms with E-state index < -0.39 is 5.97 Å². The van der Waals surface area contributed by atoms with E-state index >= 15 is 0 Å². The third-order valence-corrected chi connectivity index (χ3v) is 5.38. The van der Waals surface area contributed by atoms with Gasteiger partial charge in [-0.1, -0.05) is 66.3 Å². The molecule has 31 heavy (non-hydrogen) atoms. The van der Waals surface area contributed by atoms with Gasteiger partial charge in [0.05, 0.1) is 21.8 Å². The van der Waals surface area contributed by atoms with Gasteiger partial charge in [0.1, 0.15) is 0 Å². The molecule has 1 heterocycles. The predicted molar refractivity (Wildman–Crippen MR) is 126 cm³/mol. The standard InChI is InChI=1S/C26H30N2O3/c1-16-22(23(29)28(27-16)21-10-8-18(9-11-21)24(30)31)14-17-12-19(25(2,3)4)15-20(13-17)26(5,6)7/h8-15,27H,1H2,2-7H3,(H,30,31). The molecule has 0 atom stereocenters. The molecule has 0 radical (unpaired) electrons. The van der Waals surface area contributed by atoms with Crippen molar-refractivity contribution in [1.29, 1.82) is 0 Å². The summed E-state index contributed by atoms with van der Waals surface area (Å²) >= 11 is 0. The van der Waals surface area contributed by atoms with E-state index in [1.54, 1.807) is 12.1 Å². The minimum absolute atomic E-state index is 0.0264. The van der Waals surface area contributed by atoms with E-state index in [4.69, 9.17) is 5.11 Å². The van der Waals surface area contributed by atoms with Crippen LogP contribution in [0.2, 0.25) is 0 Å². The number of rotatable bonds is 3. The van der Waals surface area contributed by atoms with Crippen molar-refractivity contribution in [3.05, 3.63) is 85.6 Å². The van der Waals surface area contributed by atoms with Crippen LogP contribution in [0.1, 0.15) is 68.6 Å². The average molecular weight is 419 g/mol. The Bertz CT molecular complexity index is 1260. The number of hydrogen-bond acceptors (Lipinski definition) is 2. The number of aromatic amines is 1. The largest absolute Gasteiger partial charge is 0.478 e. The van der Waals surface area contributed by atoms with Crippen LogP contribution in [0.15, 0.2) is 47.3 Å². The van der Waals surface area contributed by atoms with E-state index in [0.717, 1.165) is 5.56 Å². The molecular weight excluding hydrogens is 388 g/mol. The summed E-state index contributed by atoms with van der Waals surface area (Å²) in [5.74, 6) is -1.01. The van der Waals surface area contributed by atoms with Gasteiger partial charge in [0, 0.05) is 0 Å². The second-order valence-corrected chi connectivity index (χ2v) is 9.98. The highest BCUT2D eigenvalue weighted by Gasteiger charge is 2.20. The molecule has 1 aromatic heterocycles. The molecule has 0 amide bonds. The molecule has 2 N–H and O–H groups in total. The highest BCUT2D eigenvalue weighted by Crippen LogP contribution is 2.30. The lowest BCUT2D eigenvalue weighted by molar-refractivity contribution is 0.0697. The first kappa shape index (κ1) is 22.3. The number of hydrogen-bond donors (Lipinski definition) is 2. The number of aromatic carboxylic acids is 1. The Kier molecular flexibility index (Phi) is 5.57. The van der Waals surface area contributed by atoms with Crippen LogP contribution in [0.4, 0.5) is 0 Å². The predicted octanol–water partition coefficient (Wildman–Crippen LogP) is 3.70. The molecule has 0 saturated carbocycles. The lowest BCUT2D eigenvalue weighted by Gasteiger charge is -2.25. The van der Waals surface area contributed by atoms with E-state index in [9.17, 15) is 9.59 Å². The molecule has 3 aromatic rings. The smallest absolute Gasteiger partial charge is 0.335 e. The van der Waals surface area contributed by atoms with Crippen LogP contribution in [0.3, 0.4) is 0 Å². The van der Waals surface area contributed by atoms with Crippen molar-refractivity contribution in [1.82, 2.24) is 9.78 Å². The van der Waals surface area contributed by atoms with Gasteiger partial charge in [0.25, 0.3) is 5.56 Å². The number of aromatic nitrogens is 2. The fraction of sp³-hybridized carbons (Fsp3) is 0.308. The monoisotopic (exact) mass is 418 g/mol. The zero-order valence-corrected chi connectivity index (χ0v) is 19.0. The van der Waals surface area contributed by atoms with E-state index in [-0.39, 0.29) is 22.0 Å². The normalized spacial score (nSPS) is 12.9. The van der Waals surface area contributed by atoms with Gasteiger partial charge >= 0.3 is 5.97 Å². The molecule has 0 unspecified atom stereocenters. The van der Waals surface area contributed by atoms with E-state index in [0.29, 0.717) is 16.3 Å². The molecule has 162 valence electrons. The molecule has 2 aromatic carbocycles. The number of carboxylic acid groups (broad SMARTS) is 1. The highest BCUT2D eigenvalue weighted by atomic mass is 16.4. The topological polar surface area (TPSA) is 75.1 Å². The Labute approximate surface area is 182 Å². The summed E-state index contributed by atoms with van der Waals surface area (Å²) in [5, 5.41) is 13.1. The van der Waals surface area contributed by atoms with Crippen LogP contribution < -0.4 is 16.1 Å². The molecule has 0 aliphatic heterocycles. The van der Waals surface area contributed by atoms with Crippen molar-refractivity contribution in [3.63, 3.8) is 0 Å². The number of H-pyrrole nitrogens is 1. The Hall–Kier alpha value is -3.34. The third kappa shape index (κ3) is 4.71. The van der Waals surface area contributed by atoms with Gasteiger partial charge in [-0.15, -0.1) is 0 Å². The number of carbonyl (C=O) groups is 1. The van der Waals surface area contributed by atoms with Crippen LogP contribution in [0.5, 0.6) is 0 Å². The first-order chi connectivity index (χ1) is 14.3. The first-order valence-corrected chi connectivity index (χ1v) is 10.3. The minimum atomic E-state index is -1.01. The van der Waals surface area contributed by atoms with Crippen LogP contribution in [-0.2, 0) is 10.8 Å². The van der Waals surface area contributed by atoms with Crippen LogP contribution in [0, 0.1) is 0 Å². The fourth-order valence-electron chi connectivity index (χ4n) is 3.35. The number of benzene rings is 2. The van der Waals surface area contributed by atoms with Gasteiger partial charge < -0.3 is 5.11 Å². The molecular formula is C26H30N2O3. The summed E-state index contributed by atoms with van der Waals surface area (Å²) in [6.07, 6.45) is 1.87. The molecule has 0 saturated heterocycles. The fourth-order valence-corrected chi connectivity index (χ4v) is 3.35. The Balaban J connectivity index is 2.18. The quantitative estimate of drug-likeness (QED) is 0.681. The maximum atomic E-state index is 13.1. The first-order valence-electron chi connectivity index (χ1n) is 10.3. The molecule has 0 fully saturated rings. The summed E-state index contributed by atoms with van der Waals surface area (Å²) < 4.78 is 1.39. The molecule has 0 aliphatic carbocycles. The minimum Gasteiger partial charge on any atom is -0.478 e. The van der Waals surface area contributed by atoms with Gasteiger partial charge in [-0.05, 0) is 57.9 Å². The Morgan fingerprint density at radius 1 is 0.968 bits per heavy atom. The molecule has 0 aliphatic rings. The van der Waals surface area contributed by atoms with Crippen molar-refractivity contribution < 1.29 is 9.90 Å². The van der Waals surface area contributed by atoms with Gasteiger partial charge in [0.15, 0.2) is 0 Å². The molecule has 5 nitrogen and oxygen atoms in total. The van der Waals surface area contributed by atoms with E-state index in [1.165, 1.54) is 27.9 Å². The van der Waals surface area contributed by atoms with Crippen molar-refractivity contribution in [2.24, 2.45) is 0 Å². The third-order valence-electron chi connectivity index (χ3n) is 5.38. The zero-order chi connectivity index (χ0) is 23.1. The van der Waals surface area contributed by atoms with E-state index in [2.05, 4.69) is 71.4 Å². The summed E-state index contributed by atoms with van der Waals surface area (Å²) in [6, 6.07) is 12.6. The van der Waals surface area contributed by atoms with Crippen LogP contribution >= 0.6 is 0 Å². The maximum Gasteiger partial charge on any atom is 0.335 e. The van der Waals surface area contributed by atoms with Crippen molar-refractivity contribution in [3.8, 4) is 5.69 Å².